The van der Waals surface area contributed by atoms with Gasteiger partial charge >= 0.3 is 0 Å². The molecule has 12 heteroatoms. The first-order chi connectivity index (χ1) is 20.4. The second kappa shape index (κ2) is 10.5. The van der Waals surface area contributed by atoms with Crippen molar-refractivity contribution in [2.24, 2.45) is 0 Å². The largest absolute Gasteiger partial charge is 0.473 e. The molecule has 2 aliphatic carbocycles. The molecule has 11 nitrogen and oxygen atoms in total. The van der Waals surface area contributed by atoms with Crippen molar-refractivity contribution >= 4 is 16.3 Å². The number of fused-ring (bicyclic) bond motifs is 4. The lowest BCUT2D eigenvalue weighted by atomic mass is 9.63. The lowest BCUT2D eigenvalue weighted by Gasteiger charge is -2.39. The predicted octanol–water partition coefficient (Wildman–Crippen LogP) is 4.28. The highest BCUT2D eigenvalue weighted by Crippen LogP contribution is 2.55. The molecule has 5 heterocycles. The highest BCUT2D eigenvalue weighted by atomic mass is 32.1. The second-order valence-corrected chi connectivity index (χ2v) is 12.8. The van der Waals surface area contributed by atoms with Crippen molar-refractivity contribution in [3.63, 3.8) is 0 Å². The Morgan fingerprint density at radius 1 is 1.26 bits per heavy atom. The van der Waals surface area contributed by atoms with E-state index >= 15 is 0 Å². The van der Waals surface area contributed by atoms with Crippen molar-refractivity contribution < 1.29 is 14.0 Å². The molecule has 1 aliphatic heterocycles. The van der Waals surface area contributed by atoms with Crippen molar-refractivity contribution in [1.82, 2.24) is 29.6 Å². The molecule has 3 aliphatic rings. The predicted molar refractivity (Wildman–Crippen MR) is 157 cm³/mol. The molecule has 218 valence electrons. The molecule has 0 aromatic carbocycles. The summed E-state index contributed by atoms with van der Waals surface area (Å²) in [5.41, 5.74) is 9.18. The minimum absolute atomic E-state index is 0.128. The number of nitrogens with two attached hydrogens (primary N) is 1. The van der Waals surface area contributed by atoms with Crippen LogP contribution < -0.4 is 10.5 Å². The molecule has 4 aromatic heterocycles. The zero-order valence-electron chi connectivity index (χ0n) is 24.0. The number of nitrogens with zero attached hydrogens (tertiary/aromatic N) is 7. The van der Waals surface area contributed by atoms with Gasteiger partial charge in [0.2, 0.25) is 5.88 Å². The molecule has 2 N–H and O–H groups in total. The Bertz CT molecular complexity index is 1650. The lowest BCUT2D eigenvalue weighted by molar-refractivity contribution is 0.108. The van der Waals surface area contributed by atoms with Crippen molar-refractivity contribution in [2.75, 3.05) is 26.4 Å². The minimum atomic E-state index is -0.410. The summed E-state index contributed by atoms with van der Waals surface area (Å²) < 4.78 is 20.1. The number of hydrogen-bond donors (Lipinski definition) is 1. The number of aromatic nitrogens is 5. The Morgan fingerprint density at radius 3 is 2.83 bits per heavy atom. The number of nitriles is 1. The lowest BCUT2D eigenvalue weighted by Crippen LogP contribution is -2.38. The third kappa shape index (κ3) is 4.30. The number of anilines is 1. The quantitative estimate of drug-likeness (QED) is 0.348. The molecule has 42 heavy (non-hydrogen) atoms. The van der Waals surface area contributed by atoms with Gasteiger partial charge in [0.1, 0.15) is 29.3 Å². The zero-order chi connectivity index (χ0) is 29.0. The van der Waals surface area contributed by atoms with Gasteiger partial charge in [-0.15, -0.1) is 11.3 Å². The second-order valence-electron chi connectivity index (χ2n) is 11.7. The zero-order valence-corrected chi connectivity index (χ0v) is 24.9. The molecule has 1 spiro atoms. The molecule has 0 amide bonds. The number of aryl methyl sites for hydroxylation is 1. The molecular formula is C30H34N8O3S. The number of likely N-dealkylation sites (tertiary alicyclic amines) is 1. The monoisotopic (exact) mass is 586 g/mol. The van der Waals surface area contributed by atoms with Gasteiger partial charge in [0.25, 0.3) is 0 Å². The Labute approximate surface area is 248 Å². The fourth-order valence-corrected chi connectivity index (χ4v) is 8.45. The van der Waals surface area contributed by atoms with E-state index in [0.29, 0.717) is 33.8 Å². The van der Waals surface area contributed by atoms with Crippen molar-refractivity contribution in [2.45, 2.75) is 75.5 Å². The Morgan fingerprint density at radius 2 is 2.10 bits per heavy atom. The van der Waals surface area contributed by atoms with Crippen molar-refractivity contribution in [1.29, 1.82) is 5.26 Å². The maximum Gasteiger partial charge on any atom is 0.219 e. The molecule has 4 atom stereocenters. The summed E-state index contributed by atoms with van der Waals surface area (Å²) in [6.07, 6.45) is 11.7. The summed E-state index contributed by atoms with van der Waals surface area (Å²) in [6.45, 7) is 2.93. The SMILES string of the molecule is CO[C@@H]1C[C@@H]([C@H](C)Oc2cc(-n3ccnc3)nc(-c3noc4c3CCC[C@@]43CCCc4sc(N)c(C#N)c43)n2)N(C)C1. The molecule has 0 radical (unpaired) electrons. The van der Waals surface area contributed by atoms with E-state index in [9.17, 15) is 5.26 Å². The standard InChI is InChI=1S/C30H34N8O3S/c1-17(21-12-18(39-3)15-37(21)2)40-24-13-23(38-11-10-33-16-38)34-29(35-24)26-19-6-4-8-30(27(19)41-36-26)9-5-7-22-25(30)20(14-31)28(32)42-22/h10-11,13,16-18,21H,4-9,12,15,32H2,1-3H3/t17-,18+,21-,30-/m0/s1. The molecule has 0 saturated carbocycles. The van der Waals surface area contributed by atoms with Crippen LogP contribution in [0.2, 0.25) is 0 Å². The number of imidazole rings is 1. The molecule has 1 saturated heterocycles. The fraction of sp³-hybridized carbons (Fsp3) is 0.500. The van der Waals surface area contributed by atoms with E-state index in [1.54, 1.807) is 19.6 Å². The summed E-state index contributed by atoms with van der Waals surface area (Å²) in [4.78, 5) is 17.4. The molecule has 0 unspecified atom stereocenters. The van der Waals surface area contributed by atoms with Crippen LogP contribution in [0.15, 0.2) is 29.3 Å². The van der Waals surface area contributed by atoms with Gasteiger partial charge < -0.3 is 19.7 Å². The summed E-state index contributed by atoms with van der Waals surface area (Å²) in [6, 6.07) is 4.41. The number of methoxy groups -OCH3 is 1. The van der Waals surface area contributed by atoms with E-state index in [0.717, 1.165) is 68.4 Å². The summed E-state index contributed by atoms with van der Waals surface area (Å²) >= 11 is 1.54. The van der Waals surface area contributed by atoms with Crippen LogP contribution in [0.5, 0.6) is 5.88 Å². The van der Waals surface area contributed by atoms with Crippen LogP contribution in [-0.2, 0) is 23.0 Å². The van der Waals surface area contributed by atoms with Gasteiger partial charge in [0, 0.05) is 48.6 Å². The maximum atomic E-state index is 10.0. The van der Waals surface area contributed by atoms with Gasteiger partial charge in [-0.3, -0.25) is 9.47 Å². The number of rotatable bonds is 6. The minimum Gasteiger partial charge on any atom is -0.473 e. The van der Waals surface area contributed by atoms with E-state index in [4.69, 9.17) is 29.7 Å². The third-order valence-electron chi connectivity index (χ3n) is 9.27. The average Bonchev–Trinajstić information content (AvgIpc) is 3.79. The molecule has 0 bridgehead atoms. The molecular weight excluding hydrogens is 552 g/mol. The van der Waals surface area contributed by atoms with Crippen LogP contribution in [0.25, 0.3) is 17.3 Å². The van der Waals surface area contributed by atoms with E-state index in [1.165, 1.54) is 16.2 Å². The van der Waals surface area contributed by atoms with Gasteiger partial charge in [0.05, 0.1) is 17.1 Å². The average molecular weight is 587 g/mol. The third-order valence-corrected chi connectivity index (χ3v) is 10.4. The number of hydrogen-bond acceptors (Lipinski definition) is 11. The van der Waals surface area contributed by atoms with Crippen LogP contribution in [-0.4, -0.2) is 68.5 Å². The number of ether oxygens (including phenoxy) is 2. The van der Waals surface area contributed by atoms with Gasteiger partial charge in [-0.25, -0.2) is 9.97 Å². The van der Waals surface area contributed by atoms with Crippen LogP contribution in [0.4, 0.5) is 5.00 Å². The molecule has 4 aromatic rings. The van der Waals surface area contributed by atoms with Gasteiger partial charge in [-0.1, -0.05) is 5.16 Å². The first-order valence-electron chi connectivity index (χ1n) is 14.5. The van der Waals surface area contributed by atoms with Crippen LogP contribution in [0, 0.1) is 11.3 Å². The number of nitrogen functional groups attached to an aromatic ring is 1. The van der Waals surface area contributed by atoms with Gasteiger partial charge in [-0.05, 0) is 64.5 Å². The Kier molecular flexibility index (Phi) is 6.76. The smallest absolute Gasteiger partial charge is 0.219 e. The number of likely N-dealkylation sites (N-methyl/N-ethyl adjacent to an activating group) is 1. The molecule has 1 fully saturated rings. The Hall–Kier alpha value is -3.79. The Balaban J connectivity index is 1.30. The first-order valence-corrected chi connectivity index (χ1v) is 15.3. The first kappa shape index (κ1) is 27.1. The molecule has 7 rings (SSSR count). The highest BCUT2D eigenvalue weighted by Gasteiger charge is 2.49. The van der Waals surface area contributed by atoms with E-state index in [2.05, 4.69) is 35.1 Å². The highest BCUT2D eigenvalue weighted by molar-refractivity contribution is 7.16. The van der Waals surface area contributed by atoms with Gasteiger partial charge in [-0.2, -0.15) is 10.2 Å². The van der Waals surface area contributed by atoms with Crippen molar-refractivity contribution in [3.05, 3.63) is 52.1 Å². The van der Waals surface area contributed by atoms with Crippen LogP contribution in [0.3, 0.4) is 0 Å². The van der Waals surface area contributed by atoms with Crippen LogP contribution in [0.1, 0.15) is 66.4 Å². The number of thiophene rings is 1. The summed E-state index contributed by atoms with van der Waals surface area (Å²) in [7, 11) is 3.85. The van der Waals surface area contributed by atoms with Gasteiger partial charge in [0.15, 0.2) is 17.3 Å². The topological polar surface area (TPSA) is 141 Å². The fourth-order valence-electron chi connectivity index (χ4n) is 7.29. The van der Waals surface area contributed by atoms with Crippen molar-refractivity contribution in [3.8, 4) is 29.3 Å². The normalized spacial score (nSPS) is 24.3. The summed E-state index contributed by atoms with van der Waals surface area (Å²) in [5, 5.41) is 15.2. The van der Waals surface area contributed by atoms with E-state index in [-0.39, 0.29) is 18.2 Å². The van der Waals surface area contributed by atoms with E-state index < -0.39 is 5.41 Å². The van der Waals surface area contributed by atoms with E-state index in [1.807, 2.05) is 16.8 Å². The summed E-state index contributed by atoms with van der Waals surface area (Å²) in [5.74, 6) is 2.37. The maximum absolute atomic E-state index is 10.0. The van der Waals surface area contributed by atoms with Crippen LogP contribution >= 0.6 is 11.3 Å².